The molecule has 0 bridgehead atoms. The summed E-state index contributed by atoms with van der Waals surface area (Å²) in [6, 6.07) is 10.3. The monoisotopic (exact) mass is 322 g/mol. The van der Waals surface area contributed by atoms with Gasteiger partial charge in [0.1, 0.15) is 11.9 Å². The first-order valence-electron chi connectivity index (χ1n) is 5.03. The summed E-state index contributed by atoms with van der Waals surface area (Å²) in [6.45, 7) is 0. The van der Waals surface area contributed by atoms with Gasteiger partial charge >= 0.3 is 0 Å². The maximum absolute atomic E-state index is 13.4. The second kappa shape index (κ2) is 5.34. The number of nitrogens with two attached hydrogens (primary N) is 1. The van der Waals surface area contributed by atoms with Gasteiger partial charge in [0, 0.05) is 10.4 Å². The summed E-state index contributed by atoms with van der Waals surface area (Å²) < 4.78 is 13.7. The third-order valence-corrected chi connectivity index (χ3v) is 4.08. The highest BCUT2D eigenvalue weighted by atomic mass is 79.9. The molecule has 2 nitrogen and oxygen atoms in total. The van der Waals surface area contributed by atoms with Crippen molar-refractivity contribution in [1.82, 2.24) is 0 Å². The van der Waals surface area contributed by atoms with Crippen LogP contribution in [0.25, 0.3) is 11.3 Å². The molecule has 2 aromatic rings. The van der Waals surface area contributed by atoms with Crippen molar-refractivity contribution in [3.05, 3.63) is 56.4 Å². The number of nitrogens with zero attached hydrogens (tertiary/aromatic N) is 1. The van der Waals surface area contributed by atoms with Gasteiger partial charge in [0.05, 0.1) is 15.7 Å². The molecule has 90 valence electrons. The summed E-state index contributed by atoms with van der Waals surface area (Å²) in [5, 5.41) is 11.1. The minimum Gasteiger partial charge on any atom is -0.397 e. The van der Waals surface area contributed by atoms with Crippen LogP contribution in [0.2, 0.25) is 0 Å². The zero-order valence-electron chi connectivity index (χ0n) is 9.15. The molecule has 0 amide bonds. The molecule has 0 fully saturated rings. The second-order valence-corrected chi connectivity index (χ2v) is 5.22. The number of hydrogen-bond acceptors (Lipinski definition) is 3. The van der Waals surface area contributed by atoms with Crippen molar-refractivity contribution >= 4 is 38.5 Å². The number of hydrogen-bond donors (Lipinski definition) is 1. The molecule has 0 aliphatic carbocycles. The van der Waals surface area contributed by atoms with Gasteiger partial charge < -0.3 is 5.73 Å². The molecule has 0 radical (unpaired) electrons. The van der Waals surface area contributed by atoms with Crippen LogP contribution in [-0.2, 0) is 0 Å². The normalized spacial score (nSPS) is 11.8. The molecule has 2 N–H and O–H groups in total. The van der Waals surface area contributed by atoms with E-state index in [1.807, 2.05) is 17.5 Å². The first-order chi connectivity index (χ1) is 8.65. The number of nitriles is 1. The molecule has 0 aliphatic rings. The zero-order chi connectivity index (χ0) is 13.1. The van der Waals surface area contributed by atoms with Crippen molar-refractivity contribution in [1.29, 1.82) is 5.26 Å². The first-order valence-corrected chi connectivity index (χ1v) is 6.70. The summed E-state index contributed by atoms with van der Waals surface area (Å²) >= 11 is 4.57. The maximum atomic E-state index is 13.4. The lowest BCUT2D eigenvalue weighted by molar-refractivity contribution is 0.620. The number of thiophene rings is 1. The first kappa shape index (κ1) is 12.8. The minimum atomic E-state index is -0.404. The quantitative estimate of drug-likeness (QED) is 0.849. The Kier molecular flexibility index (Phi) is 3.80. The molecule has 1 aromatic carbocycles. The summed E-state index contributed by atoms with van der Waals surface area (Å²) in [6.07, 6.45) is 0. The maximum Gasteiger partial charge on any atom is 0.138 e. The van der Waals surface area contributed by atoms with Gasteiger partial charge in [-0.15, -0.1) is 11.3 Å². The molecular weight excluding hydrogens is 315 g/mol. The van der Waals surface area contributed by atoms with Crippen LogP contribution in [0, 0.1) is 17.1 Å². The number of allylic oxidation sites excluding steroid dienone is 1. The van der Waals surface area contributed by atoms with E-state index in [0.29, 0.717) is 11.1 Å². The van der Waals surface area contributed by atoms with E-state index in [-0.39, 0.29) is 10.2 Å². The third kappa shape index (κ3) is 2.30. The Bertz CT molecular complexity index is 642. The Morgan fingerprint density at radius 3 is 2.72 bits per heavy atom. The largest absolute Gasteiger partial charge is 0.397 e. The fourth-order valence-electron chi connectivity index (χ4n) is 1.52. The van der Waals surface area contributed by atoms with Gasteiger partial charge in [-0.1, -0.05) is 18.2 Å². The van der Waals surface area contributed by atoms with E-state index in [2.05, 4.69) is 22.0 Å². The van der Waals surface area contributed by atoms with Gasteiger partial charge in [-0.05, 0) is 33.4 Å². The van der Waals surface area contributed by atoms with E-state index in [9.17, 15) is 9.65 Å². The third-order valence-electron chi connectivity index (χ3n) is 2.39. The number of benzene rings is 1. The smallest absolute Gasteiger partial charge is 0.138 e. The SMILES string of the molecule is N#C/C(=C(/N)c1cccc(F)c1Br)c1cccs1. The minimum absolute atomic E-state index is 0.270. The fraction of sp³-hybridized carbons (Fsp3) is 0. The Balaban J connectivity index is 2.62. The van der Waals surface area contributed by atoms with Crippen molar-refractivity contribution in [2.24, 2.45) is 5.73 Å². The summed E-state index contributed by atoms with van der Waals surface area (Å²) in [5.41, 5.74) is 7.09. The van der Waals surface area contributed by atoms with Crippen LogP contribution in [0.15, 0.2) is 40.2 Å². The standard InChI is InChI=1S/C13H8BrFN2S/c14-12-8(3-1-4-10(12)15)13(17)9(7-16)11-5-2-6-18-11/h1-6H,17H2/b13-9-. The Hall–Kier alpha value is -1.64. The fourth-order valence-corrected chi connectivity index (χ4v) is 2.73. The van der Waals surface area contributed by atoms with Crippen molar-refractivity contribution in [3.63, 3.8) is 0 Å². The highest BCUT2D eigenvalue weighted by molar-refractivity contribution is 9.10. The van der Waals surface area contributed by atoms with Crippen LogP contribution in [0.3, 0.4) is 0 Å². The van der Waals surface area contributed by atoms with Crippen molar-refractivity contribution in [3.8, 4) is 6.07 Å². The van der Waals surface area contributed by atoms with E-state index in [1.54, 1.807) is 12.1 Å². The molecule has 18 heavy (non-hydrogen) atoms. The average Bonchev–Trinajstić information content (AvgIpc) is 2.87. The van der Waals surface area contributed by atoms with Gasteiger partial charge in [-0.25, -0.2) is 4.39 Å². The zero-order valence-corrected chi connectivity index (χ0v) is 11.6. The van der Waals surface area contributed by atoms with E-state index in [4.69, 9.17) is 5.73 Å². The molecule has 0 unspecified atom stereocenters. The van der Waals surface area contributed by atoms with E-state index >= 15 is 0 Å². The van der Waals surface area contributed by atoms with Gasteiger partial charge in [-0.3, -0.25) is 0 Å². The van der Waals surface area contributed by atoms with Crippen LogP contribution in [0.1, 0.15) is 10.4 Å². The predicted octanol–water partition coefficient (Wildman–Crippen LogP) is 4.00. The van der Waals surface area contributed by atoms with Gasteiger partial charge in [-0.2, -0.15) is 5.26 Å². The molecule has 2 rings (SSSR count). The van der Waals surface area contributed by atoms with Crippen LogP contribution in [0.4, 0.5) is 4.39 Å². The molecular formula is C13H8BrFN2S. The van der Waals surface area contributed by atoms with Crippen molar-refractivity contribution in [2.75, 3.05) is 0 Å². The molecule has 0 spiro atoms. The van der Waals surface area contributed by atoms with E-state index in [0.717, 1.165) is 4.88 Å². The van der Waals surface area contributed by atoms with Crippen LogP contribution < -0.4 is 5.73 Å². The number of halogens is 2. The Morgan fingerprint density at radius 2 is 2.11 bits per heavy atom. The van der Waals surface area contributed by atoms with Crippen molar-refractivity contribution < 1.29 is 4.39 Å². The summed E-state index contributed by atoms with van der Waals surface area (Å²) in [5.74, 6) is -0.404. The topological polar surface area (TPSA) is 49.8 Å². The Morgan fingerprint density at radius 1 is 1.33 bits per heavy atom. The van der Waals surface area contributed by atoms with Crippen LogP contribution in [-0.4, -0.2) is 0 Å². The molecule has 0 atom stereocenters. The average molecular weight is 323 g/mol. The Labute approximate surface area is 116 Å². The lowest BCUT2D eigenvalue weighted by Gasteiger charge is -2.07. The van der Waals surface area contributed by atoms with Gasteiger partial charge in [0.25, 0.3) is 0 Å². The van der Waals surface area contributed by atoms with Gasteiger partial charge in [0.2, 0.25) is 0 Å². The van der Waals surface area contributed by atoms with E-state index in [1.165, 1.54) is 17.4 Å². The summed E-state index contributed by atoms with van der Waals surface area (Å²) in [7, 11) is 0. The second-order valence-electron chi connectivity index (χ2n) is 3.48. The number of rotatable bonds is 2. The van der Waals surface area contributed by atoms with Crippen LogP contribution in [0.5, 0.6) is 0 Å². The lowest BCUT2D eigenvalue weighted by atomic mass is 10.1. The van der Waals surface area contributed by atoms with E-state index < -0.39 is 5.82 Å². The molecule has 1 heterocycles. The molecule has 1 aromatic heterocycles. The predicted molar refractivity (Wildman–Crippen MR) is 75.0 cm³/mol. The van der Waals surface area contributed by atoms with Gasteiger partial charge in [0.15, 0.2) is 0 Å². The highest BCUT2D eigenvalue weighted by Gasteiger charge is 2.13. The molecule has 5 heteroatoms. The van der Waals surface area contributed by atoms with Crippen molar-refractivity contribution in [2.45, 2.75) is 0 Å². The molecule has 0 saturated carbocycles. The molecule has 0 saturated heterocycles. The summed E-state index contributed by atoms with van der Waals surface area (Å²) in [4.78, 5) is 0.770. The molecule has 0 aliphatic heterocycles. The lowest BCUT2D eigenvalue weighted by Crippen LogP contribution is -2.01. The highest BCUT2D eigenvalue weighted by Crippen LogP contribution is 2.30. The van der Waals surface area contributed by atoms with Crippen LogP contribution >= 0.6 is 27.3 Å².